The average Bonchev–Trinajstić information content (AvgIpc) is 2.69. The Bertz CT molecular complexity index is 515. The molecule has 2 rings (SSSR count). The summed E-state index contributed by atoms with van der Waals surface area (Å²) in [6.07, 6.45) is 1.56. The number of aromatic nitrogens is 1. The molecule has 0 saturated carbocycles. The van der Waals surface area contributed by atoms with Gasteiger partial charge in [0, 0.05) is 4.47 Å². The average molecular weight is 280 g/mol. The van der Waals surface area contributed by atoms with Crippen LogP contribution >= 0.6 is 27.3 Å². The molecule has 0 aliphatic heterocycles. The van der Waals surface area contributed by atoms with Gasteiger partial charge >= 0.3 is 0 Å². The molecule has 0 atom stereocenters. The number of thiazole rings is 1. The van der Waals surface area contributed by atoms with Gasteiger partial charge in [-0.05, 0) is 28.1 Å². The van der Waals surface area contributed by atoms with Crippen molar-refractivity contribution in [1.29, 1.82) is 5.26 Å². The Morgan fingerprint density at radius 2 is 2.20 bits per heavy atom. The Kier molecular flexibility index (Phi) is 2.99. The molecule has 0 amide bonds. The highest BCUT2D eigenvalue weighted by Crippen LogP contribution is 2.27. The molecule has 15 heavy (non-hydrogen) atoms. The van der Waals surface area contributed by atoms with Crippen molar-refractivity contribution in [2.45, 2.75) is 0 Å². The SMILES string of the molecule is N#Cc1cnc(Nc2ccccc2Br)s1. The maximum absolute atomic E-state index is 8.65. The minimum Gasteiger partial charge on any atom is -0.331 e. The molecule has 1 heterocycles. The van der Waals surface area contributed by atoms with E-state index in [0.29, 0.717) is 4.88 Å². The second-order valence-corrected chi connectivity index (χ2v) is 4.63. The van der Waals surface area contributed by atoms with Crippen LogP contribution in [0.5, 0.6) is 0 Å². The predicted octanol–water partition coefficient (Wildman–Crippen LogP) is 3.52. The van der Waals surface area contributed by atoms with Gasteiger partial charge in [0.25, 0.3) is 0 Å². The number of nitrogens with one attached hydrogen (secondary N) is 1. The van der Waals surface area contributed by atoms with Gasteiger partial charge in [-0.2, -0.15) is 5.26 Å². The summed E-state index contributed by atoms with van der Waals surface area (Å²) >= 11 is 4.76. The summed E-state index contributed by atoms with van der Waals surface area (Å²) in [5.41, 5.74) is 0.941. The highest BCUT2D eigenvalue weighted by Gasteiger charge is 2.03. The van der Waals surface area contributed by atoms with Crippen molar-refractivity contribution in [3.8, 4) is 6.07 Å². The Morgan fingerprint density at radius 1 is 1.40 bits per heavy atom. The van der Waals surface area contributed by atoms with Crippen molar-refractivity contribution >= 4 is 38.1 Å². The molecule has 1 N–H and O–H groups in total. The Morgan fingerprint density at radius 3 is 2.87 bits per heavy atom. The molecule has 0 radical (unpaired) electrons. The second kappa shape index (κ2) is 4.43. The highest BCUT2D eigenvalue weighted by molar-refractivity contribution is 9.10. The number of benzene rings is 1. The van der Waals surface area contributed by atoms with Crippen molar-refractivity contribution in [3.63, 3.8) is 0 Å². The van der Waals surface area contributed by atoms with E-state index in [1.54, 1.807) is 6.20 Å². The fraction of sp³-hybridized carbons (Fsp3) is 0. The summed E-state index contributed by atoms with van der Waals surface area (Å²) in [5, 5.41) is 12.5. The van der Waals surface area contributed by atoms with Crippen LogP contribution in [0.2, 0.25) is 0 Å². The molecule has 0 bridgehead atoms. The molecule has 0 unspecified atom stereocenters. The van der Waals surface area contributed by atoms with Crippen molar-refractivity contribution in [3.05, 3.63) is 39.8 Å². The van der Waals surface area contributed by atoms with Crippen LogP contribution in [0.15, 0.2) is 34.9 Å². The molecule has 0 aliphatic carbocycles. The van der Waals surface area contributed by atoms with Gasteiger partial charge in [0.15, 0.2) is 5.13 Å². The van der Waals surface area contributed by atoms with E-state index in [2.05, 4.69) is 32.3 Å². The Balaban J connectivity index is 2.23. The molecule has 74 valence electrons. The lowest BCUT2D eigenvalue weighted by Gasteiger charge is -2.03. The molecule has 0 aliphatic rings. The normalized spacial score (nSPS) is 9.60. The van der Waals surface area contributed by atoms with Crippen LogP contribution in [0.3, 0.4) is 0 Å². The zero-order valence-electron chi connectivity index (χ0n) is 7.57. The lowest BCUT2D eigenvalue weighted by atomic mass is 10.3. The summed E-state index contributed by atoms with van der Waals surface area (Å²) in [7, 11) is 0. The smallest absolute Gasteiger partial charge is 0.188 e. The largest absolute Gasteiger partial charge is 0.331 e. The van der Waals surface area contributed by atoms with Gasteiger partial charge < -0.3 is 5.32 Å². The van der Waals surface area contributed by atoms with E-state index in [4.69, 9.17) is 5.26 Å². The predicted molar refractivity (Wildman–Crippen MR) is 64.3 cm³/mol. The molecule has 1 aromatic carbocycles. The summed E-state index contributed by atoms with van der Waals surface area (Å²) < 4.78 is 0.971. The van der Waals surface area contributed by atoms with Crippen molar-refractivity contribution in [2.75, 3.05) is 5.32 Å². The first kappa shape index (κ1) is 10.1. The summed E-state index contributed by atoms with van der Waals surface area (Å²) in [4.78, 5) is 4.69. The Labute approximate surface area is 99.5 Å². The number of anilines is 2. The van der Waals surface area contributed by atoms with E-state index in [-0.39, 0.29) is 0 Å². The van der Waals surface area contributed by atoms with Gasteiger partial charge in [0.2, 0.25) is 0 Å². The molecule has 0 spiro atoms. The maximum atomic E-state index is 8.65. The first-order valence-corrected chi connectivity index (χ1v) is 5.78. The minimum atomic E-state index is 0.601. The van der Waals surface area contributed by atoms with Gasteiger partial charge in [-0.1, -0.05) is 23.5 Å². The van der Waals surface area contributed by atoms with Gasteiger partial charge in [-0.25, -0.2) is 4.98 Å². The minimum absolute atomic E-state index is 0.601. The lowest BCUT2D eigenvalue weighted by Crippen LogP contribution is -1.89. The van der Waals surface area contributed by atoms with Gasteiger partial charge in [0.1, 0.15) is 10.9 Å². The summed E-state index contributed by atoms with van der Waals surface area (Å²) in [6.45, 7) is 0. The lowest BCUT2D eigenvalue weighted by molar-refractivity contribution is 1.37. The third-order valence-corrected chi connectivity index (χ3v) is 3.24. The molecule has 1 aromatic heterocycles. The topological polar surface area (TPSA) is 48.7 Å². The monoisotopic (exact) mass is 279 g/mol. The summed E-state index contributed by atoms with van der Waals surface area (Å²) in [6, 6.07) is 9.82. The first-order chi connectivity index (χ1) is 7.29. The van der Waals surface area contributed by atoms with Crippen LogP contribution in [0, 0.1) is 11.3 Å². The van der Waals surface area contributed by atoms with Crippen molar-refractivity contribution in [2.24, 2.45) is 0 Å². The number of hydrogen-bond acceptors (Lipinski definition) is 4. The van der Waals surface area contributed by atoms with Crippen molar-refractivity contribution < 1.29 is 0 Å². The van der Waals surface area contributed by atoms with E-state index in [1.165, 1.54) is 11.3 Å². The fourth-order valence-electron chi connectivity index (χ4n) is 1.06. The third-order valence-electron chi connectivity index (χ3n) is 1.73. The van der Waals surface area contributed by atoms with Gasteiger partial charge in [0.05, 0.1) is 11.9 Å². The second-order valence-electron chi connectivity index (χ2n) is 2.75. The van der Waals surface area contributed by atoms with Crippen LogP contribution in [-0.2, 0) is 0 Å². The van der Waals surface area contributed by atoms with E-state index in [1.807, 2.05) is 24.3 Å². The van der Waals surface area contributed by atoms with Crippen LogP contribution in [0.4, 0.5) is 10.8 Å². The quantitative estimate of drug-likeness (QED) is 0.915. The molecule has 0 fully saturated rings. The summed E-state index contributed by atoms with van der Waals surface area (Å²) in [5.74, 6) is 0. The molecule has 2 aromatic rings. The number of hydrogen-bond donors (Lipinski definition) is 1. The fourth-order valence-corrected chi connectivity index (χ4v) is 2.07. The van der Waals surface area contributed by atoms with E-state index < -0.39 is 0 Å². The van der Waals surface area contributed by atoms with E-state index >= 15 is 0 Å². The van der Waals surface area contributed by atoms with Crippen LogP contribution in [-0.4, -0.2) is 4.98 Å². The molecular weight excluding hydrogens is 274 g/mol. The van der Waals surface area contributed by atoms with E-state index in [0.717, 1.165) is 15.3 Å². The molecule has 5 heteroatoms. The van der Waals surface area contributed by atoms with Crippen LogP contribution in [0.1, 0.15) is 4.88 Å². The van der Waals surface area contributed by atoms with Crippen LogP contribution < -0.4 is 5.32 Å². The standard InChI is InChI=1S/C10H6BrN3S/c11-8-3-1-2-4-9(8)14-10-13-6-7(5-12)15-10/h1-4,6H,(H,13,14). The number of halogens is 1. The van der Waals surface area contributed by atoms with Crippen molar-refractivity contribution in [1.82, 2.24) is 4.98 Å². The third kappa shape index (κ3) is 2.35. The number of nitriles is 1. The zero-order chi connectivity index (χ0) is 10.7. The van der Waals surface area contributed by atoms with Gasteiger partial charge in [-0.3, -0.25) is 0 Å². The zero-order valence-corrected chi connectivity index (χ0v) is 9.97. The van der Waals surface area contributed by atoms with Gasteiger partial charge in [-0.15, -0.1) is 0 Å². The number of nitrogens with zero attached hydrogens (tertiary/aromatic N) is 2. The number of rotatable bonds is 2. The molecular formula is C10H6BrN3S. The Hall–Kier alpha value is -1.38. The highest BCUT2D eigenvalue weighted by atomic mass is 79.9. The molecule has 0 saturated heterocycles. The van der Waals surface area contributed by atoms with Crippen LogP contribution in [0.25, 0.3) is 0 Å². The molecule has 3 nitrogen and oxygen atoms in total. The maximum Gasteiger partial charge on any atom is 0.188 e. The number of para-hydroxylation sites is 1. The first-order valence-electron chi connectivity index (χ1n) is 4.17. The van der Waals surface area contributed by atoms with E-state index in [9.17, 15) is 0 Å².